The summed E-state index contributed by atoms with van der Waals surface area (Å²) in [6.45, 7) is 1.67. The highest BCUT2D eigenvalue weighted by molar-refractivity contribution is 9.11. The van der Waals surface area contributed by atoms with Gasteiger partial charge in [0, 0.05) is 0 Å². The van der Waals surface area contributed by atoms with Crippen molar-refractivity contribution >= 4 is 43.5 Å². The summed E-state index contributed by atoms with van der Waals surface area (Å²) in [6.07, 6.45) is -0.617. The average molecular weight is 437 g/mol. The summed E-state index contributed by atoms with van der Waals surface area (Å²) in [7, 11) is 1.60. The first-order valence-electron chi connectivity index (χ1n) is 6.10. The molecule has 0 aliphatic rings. The maximum absolute atomic E-state index is 9.57. The molecule has 1 atom stereocenters. The molecule has 1 unspecified atom stereocenters. The highest BCUT2D eigenvalue weighted by Crippen LogP contribution is 2.39. The van der Waals surface area contributed by atoms with Crippen LogP contribution in [0.4, 0.5) is 0 Å². The summed E-state index contributed by atoms with van der Waals surface area (Å²) < 4.78 is 12.6. The fourth-order valence-electron chi connectivity index (χ4n) is 1.78. The number of aliphatic hydroxyl groups is 1. The van der Waals surface area contributed by atoms with Gasteiger partial charge in [-0.3, -0.25) is 0 Å². The fourth-order valence-corrected chi connectivity index (χ4v) is 3.00. The molecule has 3 nitrogen and oxygen atoms in total. The zero-order valence-electron chi connectivity index (χ0n) is 11.4. The number of aliphatic hydroxyl groups excluding tert-OH is 1. The Morgan fingerprint density at radius 2 is 1.71 bits per heavy atom. The summed E-state index contributed by atoms with van der Waals surface area (Å²) in [6, 6.07) is 8.80. The molecular formula is C15H13Br2ClO3. The summed E-state index contributed by atoms with van der Waals surface area (Å²) in [5.74, 6) is 1.92. The molecule has 0 fully saturated rings. The van der Waals surface area contributed by atoms with Crippen LogP contribution in [0.25, 0.3) is 0 Å². The van der Waals surface area contributed by atoms with Crippen molar-refractivity contribution in [3.05, 3.63) is 49.9 Å². The number of halogens is 3. The number of hydrogen-bond acceptors (Lipinski definition) is 3. The highest BCUT2D eigenvalue weighted by Gasteiger charge is 2.11. The summed E-state index contributed by atoms with van der Waals surface area (Å²) in [5.41, 5.74) is 0.666. The molecule has 0 aliphatic carbocycles. The van der Waals surface area contributed by atoms with Gasteiger partial charge in [-0.25, -0.2) is 0 Å². The number of methoxy groups -OCH3 is 1. The van der Waals surface area contributed by atoms with Gasteiger partial charge in [0.15, 0.2) is 0 Å². The summed E-state index contributed by atoms with van der Waals surface area (Å²) in [5, 5.41) is 10.0. The Morgan fingerprint density at radius 1 is 1.10 bits per heavy atom. The van der Waals surface area contributed by atoms with E-state index in [1.165, 1.54) is 0 Å². The van der Waals surface area contributed by atoms with E-state index < -0.39 is 6.10 Å². The van der Waals surface area contributed by atoms with Gasteiger partial charge in [-0.15, -0.1) is 0 Å². The molecule has 112 valence electrons. The van der Waals surface area contributed by atoms with Crippen molar-refractivity contribution in [3.8, 4) is 17.2 Å². The zero-order valence-corrected chi connectivity index (χ0v) is 15.3. The van der Waals surface area contributed by atoms with E-state index in [1.54, 1.807) is 38.3 Å². The molecule has 0 spiro atoms. The minimum absolute atomic E-state index is 0.464. The van der Waals surface area contributed by atoms with E-state index in [1.807, 2.05) is 6.07 Å². The van der Waals surface area contributed by atoms with Crippen molar-refractivity contribution in [1.82, 2.24) is 0 Å². The van der Waals surface area contributed by atoms with E-state index in [-0.39, 0.29) is 0 Å². The first-order valence-corrected chi connectivity index (χ1v) is 8.07. The predicted octanol–water partition coefficient (Wildman–Crippen LogP) is 5.72. The first-order chi connectivity index (χ1) is 9.92. The van der Waals surface area contributed by atoms with Crippen LogP contribution in [0.2, 0.25) is 5.02 Å². The largest absolute Gasteiger partial charge is 0.496 e. The fraction of sp³-hybridized carbons (Fsp3) is 0.200. The topological polar surface area (TPSA) is 38.7 Å². The van der Waals surface area contributed by atoms with Crippen LogP contribution in [0.15, 0.2) is 39.3 Å². The van der Waals surface area contributed by atoms with Crippen molar-refractivity contribution < 1.29 is 14.6 Å². The van der Waals surface area contributed by atoms with Crippen molar-refractivity contribution in [2.24, 2.45) is 0 Å². The van der Waals surface area contributed by atoms with Crippen LogP contribution in [-0.4, -0.2) is 12.2 Å². The molecule has 2 aromatic carbocycles. The third-order valence-corrected chi connectivity index (χ3v) is 4.42. The summed E-state index contributed by atoms with van der Waals surface area (Å²) >= 11 is 13.0. The second kappa shape index (κ2) is 7.01. The van der Waals surface area contributed by atoms with Crippen molar-refractivity contribution in [1.29, 1.82) is 0 Å². The molecule has 0 aromatic heterocycles. The van der Waals surface area contributed by atoms with Gasteiger partial charge >= 0.3 is 0 Å². The highest BCUT2D eigenvalue weighted by atomic mass is 79.9. The van der Waals surface area contributed by atoms with E-state index in [9.17, 15) is 5.11 Å². The van der Waals surface area contributed by atoms with E-state index in [4.69, 9.17) is 21.1 Å². The molecule has 2 rings (SSSR count). The van der Waals surface area contributed by atoms with Crippen LogP contribution in [0.5, 0.6) is 17.2 Å². The van der Waals surface area contributed by atoms with E-state index in [2.05, 4.69) is 31.9 Å². The molecule has 1 N–H and O–H groups in total. The van der Waals surface area contributed by atoms with Crippen LogP contribution in [0.3, 0.4) is 0 Å². The number of ether oxygens (including phenoxy) is 2. The summed E-state index contributed by atoms with van der Waals surface area (Å²) in [4.78, 5) is 0. The lowest BCUT2D eigenvalue weighted by atomic mass is 10.1. The third kappa shape index (κ3) is 3.92. The molecule has 0 amide bonds. The number of benzene rings is 2. The smallest absolute Gasteiger partial charge is 0.143 e. The van der Waals surface area contributed by atoms with Crippen LogP contribution in [0, 0.1) is 0 Å². The lowest BCUT2D eigenvalue weighted by molar-refractivity contribution is 0.199. The Bertz CT molecular complexity index is 660. The van der Waals surface area contributed by atoms with Gasteiger partial charge in [-0.1, -0.05) is 17.7 Å². The Balaban J connectivity index is 2.30. The van der Waals surface area contributed by atoms with Gasteiger partial charge in [-0.05, 0) is 68.6 Å². The van der Waals surface area contributed by atoms with Crippen LogP contribution in [0.1, 0.15) is 18.6 Å². The van der Waals surface area contributed by atoms with Crippen LogP contribution in [-0.2, 0) is 0 Å². The van der Waals surface area contributed by atoms with Gasteiger partial charge < -0.3 is 14.6 Å². The molecular weight excluding hydrogens is 423 g/mol. The molecule has 21 heavy (non-hydrogen) atoms. The van der Waals surface area contributed by atoms with Crippen LogP contribution >= 0.6 is 43.5 Å². The normalized spacial score (nSPS) is 12.1. The Morgan fingerprint density at radius 3 is 2.29 bits per heavy atom. The van der Waals surface area contributed by atoms with Crippen LogP contribution < -0.4 is 9.47 Å². The number of rotatable bonds is 4. The lowest BCUT2D eigenvalue weighted by Crippen LogP contribution is -1.94. The lowest BCUT2D eigenvalue weighted by Gasteiger charge is -2.13. The molecule has 6 heteroatoms. The van der Waals surface area contributed by atoms with Gasteiger partial charge in [0.2, 0.25) is 0 Å². The Labute approximate surface area is 145 Å². The molecule has 0 saturated heterocycles. The Hall–Kier alpha value is -0.750. The second-order valence-electron chi connectivity index (χ2n) is 4.38. The van der Waals surface area contributed by atoms with E-state index in [0.29, 0.717) is 27.8 Å². The maximum atomic E-state index is 9.57. The van der Waals surface area contributed by atoms with Crippen molar-refractivity contribution in [3.63, 3.8) is 0 Å². The molecule has 0 radical (unpaired) electrons. The SMILES string of the molecule is COc1cc(Br)c(Oc2ccc(C(C)O)c(Cl)c2)cc1Br. The van der Waals surface area contributed by atoms with Crippen molar-refractivity contribution in [2.45, 2.75) is 13.0 Å². The molecule has 0 saturated carbocycles. The number of hydrogen-bond donors (Lipinski definition) is 1. The monoisotopic (exact) mass is 434 g/mol. The van der Waals surface area contributed by atoms with Gasteiger partial charge in [0.05, 0.1) is 27.2 Å². The average Bonchev–Trinajstić information content (AvgIpc) is 2.42. The van der Waals surface area contributed by atoms with Gasteiger partial charge in [0.25, 0.3) is 0 Å². The van der Waals surface area contributed by atoms with Gasteiger partial charge in [0.1, 0.15) is 17.2 Å². The quantitative estimate of drug-likeness (QED) is 0.666. The van der Waals surface area contributed by atoms with E-state index in [0.717, 1.165) is 8.95 Å². The molecule has 0 heterocycles. The standard InChI is InChI=1S/C15H13Br2ClO3/c1-8(19)10-4-3-9(5-13(10)18)21-15-7-11(16)14(20-2)6-12(15)17/h3-8,19H,1-2H3. The van der Waals surface area contributed by atoms with E-state index >= 15 is 0 Å². The molecule has 0 bridgehead atoms. The predicted molar refractivity (Wildman–Crippen MR) is 90.6 cm³/mol. The minimum atomic E-state index is -0.617. The molecule has 0 aliphatic heterocycles. The minimum Gasteiger partial charge on any atom is -0.496 e. The first kappa shape index (κ1) is 16.6. The Kier molecular flexibility index (Phi) is 5.54. The maximum Gasteiger partial charge on any atom is 0.143 e. The zero-order chi connectivity index (χ0) is 15.6. The van der Waals surface area contributed by atoms with Crippen molar-refractivity contribution in [2.75, 3.05) is 7.11 Å². The van der Waals surface area contributed by atoms with Gasteiger partial charge in [-0.2, -0.15) is 0 Å². The third-order valence-electron chi connectivity index (χ3n) is 2.86. The second-order valence-corrected chi connectivity index (χ2v) is 6.49. The molecule has 2 aromatic rings.